The summed E-state index contributed by atoms with van der Waals surface area (Å²) >= 11 is 6.44. The Labute approximate surface area is 193 Å². The van der Waals surface area contributed by atoms with Crippen LogP contribution < -0.4 is 10.1 Å². The van der Waals surface area contributed by atoms with Crippen molar-refractivity contribution >= 4 is 23.2 Å². The Morgan fingerprint density at radius 3 is 2.47 bits per heavy atom. The van der Waals surface area contributed by atoms with Crippen molar-refractivity contribution < 1.29 is 9.53 Å². The summed E-state index contributed by atoms with van der Waals surface area (Å²) in [5.41, 5.74) is 5.60. The lowest BCUT2D eigenvalue weighted by atomic mass is 10.1. The number of aromatic nitrogens is 2. The fourth-order valence-electron chi connectivity index (χ4n) is 3.79. The van der Waals surface area contributed by atoms with E-state index in [-0.39, 0.29) is 11.9 Å². The second-order valence-corrected chi connectivity index (χ2v) is 8.39. The third-order valence-corrected chi connectivity index (χ3v) is 5.63. The molecule has 2 aromatic heterocycles. The molecule has 4 rings (SSSR count). The lowest BCUT2D eigenvalue weighted by molar-refractivity contribution is -0.121. The van der Waals surface area contributed by atoms with Gasteiger partial charge in [-0.15, -0.1) is 0 Å². The molecule has 0 saturated heterocycles. The van der Waals surface area contributed by atoms with Crippen molar-refractivity contribution in [2.45, 2.75) is 32.7 Å². The van der Waals surface area contributed by atoms with Crippen LogP contribution in [0.2, 0.25) is 5.02 Å². The highest BCUT2D eigenvalue weighted by molar-refractivity contribution is 6.33. The summed E-state index contributed by atoms with van der Waals surface area (Å²) in [6.07, 6.45) is 2.99. The predicted molar refractivity (Wildman–Crippen MR) is 129 cm³/mol. The van der Waals surface area contributed by atoms with Crippen LogP contribution in [0.5, 0.6) is 5.75 Å². The molecule has 0 fully saturated rings. The van der Waals surface area contributed by atoms with Gasteiger partial charge in [-0.2, -0.15) is 0 Å². The first-order valence-electron chi connectivity index (χ1n) is 10.7. The maximum Gasteiger partial charge on any atom is 0.220 e. The minimum atomic E-state index is 0.0258. The first-order valence-corrected chi connectivity index (χ1v) is 11.0. The molecule has 164 valence electrons. The van der Waals surface area contributed by atoms with Crippen molar-refractivity contribution in [3.05, 3.63) is 77.6 Å². The second-order valence-electron chi connectivity index (χ2n) is 7.98. The molecular weight excluding hydrogens is 422 g/mol. The molecule has 2 aromatic carbocycles. The van der Waals surface area contributed by atoms with Gasteiger partial charge in [-0.05, 0) is 68.3 Å². The van der Waals surface area contributed by atoms with Gasteiger partial charge in [0.1, 0.15) is 11.4 Å². The summed E-state index contributed by atoms with van der Waals surface area (Å²) in [6, 6.07) is 19.7. The smallest absolute Gasteiger partial charge is 0.220 e. The Morgan fingerprint density at radius 1 is 1.06 bits per heavy atom. The standard InChI is InChI=1S/C26H26ClN3O2/c1-17(2)28-25(31)15-13-23-26(18-8-11-20(32-3)12-9-18)29-24-14-10-19(16-30(23)24)21-6-4-5-7-22(21)27/h4-12,14,16-17H,13,15H2,1-3H3,(H,28,31). The van der Waals surface area contributed by atoms with E-state index in [0.29, 0.717) is 17.9 Å². The van der Waals surface area contributed by atoms with Crippen LogP contribution in [0, 0.1) is 0 Å². The quantitative estimate of drug-likeness (QED) is 0.390. The average molecular weight is 448 g/mol. The van der Waals surface area contributed by atoms with E-state index >= 15 is 0 Å². The summed E-state index contributed by atoms with van der Waals surface area (Å²) < 4.78 is 7.37. The molecular formula is C26H26ClN3O2. The van der Waals surface area contributed by atoms with E-state index in [2.05, 4.69) is 9.72 Å². The van der Waals surface area contributed by atoms with Crippen molar-refractivity contribution in [1.82, 2.24) is 14.7 Å². The van der Waals surface area contributed by atoms with Crippen LogP contribution in [-0.2, 0) is 11.2 Å². The van der Waals surface area contributed by atoms with Crippen molar-refractivity contribution in [3.8, 4) is 28.1 Å². The maximum absolute atomic E-state index is 12.4. The second kappa shape index (κ2) is 9.45. The van der Waals surface area contributed by atoms with E-state index in [1.54, 1.807) is 7.11 Å². The van der Waals surface area contributed by atoms with Gasteiger partial charge in [-0.3, -0.25) is 4.79 Å². The largest absolute Gasteiger partial charge is 0.497 e. The van der Waals surface area contributed by atoms with Crippen LogP contribution in [0.15, 0.2) is 66.9 Å². The molecule has 0 aliphatic carbocycles. The highest BCUT2D eigenvalue weighted by Crippen LogP contribution is 2.31. The predicted octanol–water partition coefficient (Wildman–Crippen LogP) is 5.79. The first-order chi connectivity index (χ1) is 15.5. The molecule has 0 atom stereocenters. The summed E-state index contributed by atoms with van der Waals surface area (Å²) in [5, 5.41) is 3.66. The number of imidazole rings is 1. The van der Waals surface area contributed by atoms with Gasteiger partial charge in [-0.25, -0.2) is 4.98 Å². The van der Waals surface area contributed by atoms with E-state index in [9.17, 15) is 4.79 Å². The Balaban J connectivity index is 1.80. The van der Waals surface area contributed by atoms with Gasteiger partial charge in [0.05, 0.1) is 18.5 Å². The Hall–Kier alpha value is -3.31. The Bertz CT molecular complexity index is 1250. The van der Waals surface area contributed by atoms with Gasteiger partial charge in [0, 0.05) is 34.8 Å². The number of rotatable bonds is 7. The minimum absolute atomic E-state index is 0.0258. The summed E-state index contributed by atoms with van der Waals surface area (Å²) in [6.45, 7) is 3.93. The molecule has 6 heteroatoms. The number of hydrogen-bond acceptors (Lipinski definition) is 3. The monoisotopic (exact) mass is 447 g/mol. The van der Waals surface area contributed by atoms with Gasteiger partial charge in [-0.1, -0.05) is 29.8 Å². The molecule has 1 amide bonds. The van der Waals surface area contributed by atoms with Crippen LogP contribution >= 0.6 is 11.6 Å². The van der Waals surface area contributed by atoms with Crippen LogP contribution in [0.25, 0.3) is 28.0 Å². The number of nitrogens with one attached hydrogen (secondary N) is 1. The number of halogens is 1. The van der Waals surface area contributed by atoms with Crippen LogP contribution in [0.3, 0.4) is 0 Å². The zero-order chi connectivity index (χ0) is 22.7. The van der Waals surface area contributed by atoms with E-state index in [4.69, 9.17) is 21.3 Å². The highest BCUT2D eigenvalue weighted by Gasteiger charge is 2.17. The molecule has 1 N–H and O–H groups in total. The zero-order valence-corrected chi connectivity index (χ0v) is 19.2. The number of hydrogen-bond donors (Lipinski definition) is 1. The number of methoxy groups -OCH3 is 1. The fourth-order valence-corrected chi connectivity index (χ4v) is 4.04. The van der Waals surface area contributed by atoms with E-state index in [1.165, 1.54) is 0 Å². The summed E-state index contributed by atoms with van der Waals surface area (Å²) in [7, 11) is 1.65. The van der Waals surface area contributed by atoms with Crippen molar-refractivity contribution in [3.63, 3.8) is 0 Å². The number of fused-ring (bicyclic) bond motifs is 1. The number of ether oxygens (including phenoxy) is 1. The lowest BCUT2D eigenvalue weighted by Gasteiger charge is -2.10. The number of carbonyl (C=O) groups excluding carboxylic acids is 1. The number of pyridine rings is 1. The Morgan fingerprint density at radius 2 is 1.78 bits per heavy atom. The topological polar surface area (TPSA) is 55.6 Å². The number of aryl methyl sites for hydroxylation is 1. The SMILES string of the molecule is COc1ccc(-c2nc3ccc(-c4ccccc4Cl)cn3c2CCC(=O)NC(C)C)cc1. The van der Waals surface area contributed by atoms with Crippen LogP contribution in [-0.4, -0.2) is 28.4 Å². The van der Waals surface area contributed by atoms with Gasteiger partial charge < -0.3 is 14.5 Å². The molecule has 5 nitrogen and oxygen atoms in total. The van der Waals surface area contributed by atoms with Crippen molar-refractivity contribution in [2.24, 2.45) is 0 Å². The van der Waals surface area contributed by atoms with Gasteiger partial charge >= 0.3 is 0 Å². The van der Waals surface area contributed by atoms with Gasteiger partial charge in [0.15, 0.2) is 0 Å². The molecule has 0 aliphatic heterocycles. The first kappa shape index (κ1) is 21.9. The molecule has 2 heterocycles. The fraction of sp³-hybridized carbons (Fsp3) is 0.231. The molecule has 0 unspecified atom stereocenters. The minimum Gasteiger partial charge on any atom is -0.497 e. The number of nitrogens with zero attached hydrogens (tertiary/aromatic N) is 2. The van der Waals surface area contributed by atoms with Crippen LogP contribution in [0.1, 0.15) is 26.0 Å². The maximum atomic E-state index is 12.4. The average Bonchev–Trinajstić information content (AvgIpc) is 3.15. The van der Waals surface area contributed by atoms with E-state index < -0.39 is 0 Å². The molecule has 0 radical (unpaired) electrons. The summed E-state index contributed by atoms with van der Waals surface area (Å²) in [4.78, 5) is 17.3. The van der Waals surface area contributed by atoms with E-state index in [1.807, 2.05) is 80.7 Å². The van der Waals surface area contributed by atoms with E-state index in [0.717, 1.165) is 39.5 Å². The number of carbonyl (C=O) groups is 1. The molecule has 0 spiro atoms. The van der Waals surface area contributed by atoms with Gasteiger partial charge in [0.25, 0.3) is 0 Å². The highest BCUT2D eigenvalue weighted by atomic mass is 35.5. The van der Waals surface area contributed by atoms with Crippen molar-refractivity contribution in [2.75, 3.05) is 7.11 Å². The molecule has 32 heavy (non-hydrogen) atoms. The van der Waals surface area contributed by atoms with Crippen LogP contribution in [0.4, 0.5) is 0 Å². The normalized spacial score (nSPS) is 11.2. The van der Waals surface area contributed by atoms with Gasteiger partial charge in [0.2, 0.25) is 5.91 Å². The number of benzene rings is 2. The zero-order valence-electron chi connectivity index (χ0n) is 18.4. The Kier molecular flexibility index (Phi) is 6.47. The third kappa shape index (κ3) is 4.63. The molecule has 0 bridgehead atoms. The third-order valence-electron chi connectivity index (χ3n) is 5.30. The molecule has 4 aromatic rings. The number of amides is 1. The summed E-state index contributed by atoms with van der Waals surface area (Å²) in [5.74, 6) is 0.814. The molecule has 0 aliphatic rings. The lowest BCUT2D eigenvalue weighted by Crippen LogP contribution is -2.30. The molecule has 0 saturated carbocycles. The van der Waals surface area contributed by atoms with Crippen molar-refractivity contribution in [1.29, 1.82) is 0 Å².